The van der Waals surface area contributed by atoms with Gasteiger partial charge in [0.25, 0.3) is 0 Å². The number of furan rings is 1. The van der Waals surface area contributed by atoms with Gasteiger partial charge in [0.1, 0.15) is 6.26 Å². The first-order valence-corrected chi connectivity index (χ1v) is 8.00. The van der Waals surface area contributed by atoms with Crippen LogP contribution in [-0.4, -0.2) is 31.1 Å². The summed E-state index contributed by atoms with van der Waals surface area (Å²) in [7, 11) is 0. The summed E-state index contributed by atoms with van der Waals surface area (Å²) in [6.07, 6.45) is 5.06. The molecule has 2 aliphatic rings. The van der Waals surface area contributed by atoms with Crippen LogP contribution in [0, 0.1) is 23.7 Å². The minimum absolute atomic E-state index is 0.769. The van der Waals surface area contributed by atoms with Gasteiger partial charge in [0, 0.05) is 38.7 Å². The average Bonchev–Trinajstić information content (AvgIpc) is 3.17. The van der Waals surface area contributed by atoms with Crippen LogP contribution in [0.3, 0.4) is 0 Å². The molecular weight excluding hydrogens is 260 g/mol. The van der Waals surface area contributed by atoms with Crippen molar-refractivity contribution in [3.63, 3.8) is 0 Å². The SMILES string of the molecule is C=C(c1cc(C#CCCCC)co1)N1CC2CNCC2C1. The highest BCUT2D eigenvalue weighted by Gasteiger charge is 2.37. The van der Waals surface area contributed by atoms with E-state index in [1.165, 1.54) is 6.42 Å². The van der Waals surface area contributed by atoms with Crippen LogP contribution in [0.5, 0.6) is 0 Å². The molecule has 112 valence electrons. The van der Waals surface area contributed by atoms with E-state index in [0.717, 1.165) is 67.9 Å². The van der Waals surface area contributed by atoms with Crippen molar-refractivity contribution < 1.29 is 4.42 Å². The van der Waals surface area contributed by atoms with Crippen LogP contribution in [0.4, 0.5) is 0 Å². The predicted molar refractivity (Wildman–Crippen MR) is 85.6 cm³/mol. The number of likely N-dealkylation sites (tertiary alicyclic amines) is 1. The highest BCUT2D eigenvalue weighted by atomic mass is 16.3. The number of nitrogens with one attached hydrogen (secondary N) is 1. The fraction of sp³-hybridized carbons (Fsp3) is 0.556. The lowest BCUT2D eigenvalue weighted by Crippen LogP contribution is -2.24. The second-order valence-electron chi connectivity index (χ2n) is 6.14. The Morgan fingerprint density at radius 3 is 2.90 bits per heavy atom. The van der Waals surface area contributed by atoms with Gasteiger partial charge in [-0.25, -0.2) is 0 Å². The van der Waals surface area contributed by atoms with Crippen LogP contribution >= 0.6 is 0 Å². The molecule has 3 heterocycles. The Morgan fingerprint density at radius 2 is 2.19 bits per heavy atom. The Kier molecular flexibility index (Phi) is 4.36. The number of unbranched alkanes of at least 4 members (excludes halogenated alkanes) is 2. The monoisotopic (exact) mass is 284 g/mol. The first kappa shape index (κ1) is 14.3. The molecular formula is C18H24N2O. The Labute approximate surface area is 127 Å². The molecule has 0 amide bonds. The molecule has 2 aliphatic heterocycles. The predicted octanol–water partition coefficient (Wildman–Crippen LogP) is 2.94. The zero-order chi connectivity index (χ0) is 14.7. The van der Waals surface area contributed by atoms with Crippen molar-refractivity contribution in [2.45, 2.75) is 26.2 Å². The normalized spacial score (nSPS) is 23.8. The van der Waals surface area contributed by atoms with Gasteiger partial charge in [-0.2, -0.15) is 0 Å². The number of hydrogen-bond donors (Lipinski definition) is 1. The summed E-state index contributed by atoms with van der Waals surface area (Å²) >= 11 is 0. The maximum absolute atomic E-state index is 5.66. The van der Waals surface area contributed by atoms with Crippen LogP contribution < -0.4 is 5.32 Å². The van der Waals surface area contributed by atoms with E-state index in [9.17, 15) is 0 Å². The standard InChI is InChI=1S/C18H24N2O/c1-3-4-5-6-7-15-8-18(21-13-15)14(2)20-11-16-9-19-10-17(16)12-20/h8,13,16-17,19H,2-5,9-12H2,1H3. The molecule has 3 rings (SSSR count). The Bertz CT molecular complexity index is 551. The van der Waals surface area contributed by atoms with Crippen molar-refractivity contribution in [1.82, 2.24) is 10.2 Å². The number of fused-ring (bicyclic) bond motifs is 1. The molecule has 0 spiro atoms. The zero-order valence-corrected chi connectivity index (χ0v) is 12.8. The minimum atomic E-state index is 0.769. The first-order chi connectivity index (χ1) is 10.3. The Balaban J connectivity index is 1.60. The van der Waals surface area contributed by atoms with Crippen LogP contribution in [0.25, 0.3) is 5.70 Å². The summed E-state index contributed by atoms with van der Waals surface area (Å²) < 4.78 is 5.66. The van der Waals surface area contributed by atoms with E-state index >= 15 is 0 Å². The molecule has 2 fully saturated rings. The van der Waals surface area contributed by atoms with E-state index < -0.39 is 0 Å². The summed E-state index contributed by atoms with van der Waals surface area (Å²) in [4.78, 5) is 2.36. The molecule has 3 nitrogen and oxygen atoms in total. The van der Waals surface area contributed by atoms with Crippen molar-refractivity contribution in [3.8, 4) is 11.8 Å². The second-order valence-corrected chi connectivity index (χ2v) is 6.14. The van der Waals surface area contributed by atoms with Crippen LogP contribution in [-0.2, 0) is 0 Å². The van der Waals surface area contributed by atoms with Gasteiger partial charge >= 0.3 is 0 Å². The number of rotatable bonds is 4. The highest BCUT2D eigenvalue weighted by Crippen LogP contribution is 2.32. The summed E-state index contributed by atoms with van der Waals surface area (Å²) in [5, 5.41) is 3.46. The average molecular weight is 284 g/mol. The van der Waals surface area contributed by atoms with E-state index in [2.05, 4.69) is 35.6 Å². The second kappa shape index (κ2) is 6.41. The van der Waals surface area contributed by atoms with Crippen molar-refractivity contribution >= 4 is 5.70 Å². The van der Waals surface area contributed by atoms with Crippen molar-refractivity contribution in [3.05, 3.63) is 30.2 Å². The number of nitrogens with zero attached hydrogens (tertiary/aromatic N) is 1. The topological polar surface area (TPSA) is 28.4 Å². The summed E-state index contributed by atoms with van der Waals surface area (Å²) in [5.41, 5.74) is 1.97. The molecule has 0 saturated carbocycles. The van der Waals surface area contributed by atoms with Crippen LogP contribution in [0.1, 0.15) is 37.5 Å². The highest BCUT2D eigenvalue weighted by molar-refractivity contribution is 5.59. The molecule has 3 heteroatoms. The molecule has 2 saturated heterocycles. The number of hydrogen-bond acceptors (Lipinski definition) is 3. The maximum Gasteiger partial charge on any atom is 0.150 e. The van der Waals surface area contributed by atoms with Gasteiger partial charge < -0.3 is 14.6 Å². The first-order valence-electron chi connectivity index (χ1n) is 8.00. The molecule has 1 N–H and O–H groups in total. The third-order valence-electron chi connectivity index (χ3n) is 4.54. The van der Waals surface area contributed by atoms with E-state index in [1.54, 1.807) is 6.26 Å². The molecule has 21 heavy (non-hydrogen) atoms. The Hall–Kier alpha value is -1.66. The van der Waals surface area contributed by atoms with Gasteiger partial charge in [0.2, 0.25) is 0 Å². The van der Waals surface area contributed by atoms with E-state index in [1.807, 2.05) is 6.07 Å². The van der Waals surface area contributed by atoms with Crippen LogP contribution in [0.2, 0.25) is 0 Å². The minimum Gasteiger partial charge on any atom is -0.461 e. The lowest BCUT2D eigenvalue weighted by Gasteiger charge is -2.20. The molecule has 2 unspecified atom stereocenters. The quantitative estimate of drug-likeness (QED) is 0.680. The van der Waals surface area contributed by atoms with Crippen molar-refractivity contribution in [2.24, 2.45) is 11.8 Å². The summed E-state index contributed by atoms with van der Waals surface area (Å²) in [5.74, 6) is 8.77. The maximum atomic E-state index is 5.66. The van der Waals surface area contributed by atoms with Gasteiger partial charge in [0.05, 0.1) is 11.3 Å². The van der Waals surface area contributed by atoms with E-state index in [-0.39, 0.29) is 0 Å². The lowest BCUT2D eigenvalue weighted by molar-refractivity contribution is 0.426. The van der Waals surface area contributed by atoms with Crippen molar-refractivity contribution in [2.75, 3.05) is 26.2 Å². The lowest BCUT2D eigenvalue weighted by atomic mass is 10.0. The molecule has 2 atom stereocenters. The van der Waals surface area contributed by atoms with Crippen molar-refractivity contribution in [1.29, 1.82) is 0 Å². The third kappa shape index (κ3) is 3.16. The van der Waals surface area contributed by atoms with E-state index in [0.29, 0.717) is 0 Å². The van der Waals surface area contributed by atoms with Gasteiger partial charge in [-0.15, -0.1) is 0 Å². The molecule has 1 aromatic rings. The van der Waals surface area contributed by atoms with Gasteiger partial charge in [-0.05, 0) is 18.3 Å². The largest absolute Gasteiger partial charge is 0.461 e. The van der Waals surface area contributed by atoms with Gasteiger partial charge in [0.15, 0.2) is 5.76 Å². The smallest absolute Gasteiger partial charge is 0.150 e. The molecule has 1 aromatic heterocycles. The third-order valence-corrected chi connectivity index (χ3v) is 4.54. The summed E-state index contributed by atoms with van der Waals surface area (Å²) in [6, 6.07) is 2.02. The van der Waals surface area contributed by atoms with Gasteiger partial charge in [-0.1, -0.05) is 31.8 Å². The van der Waals surface area contributed by atoms with Gasteiger partial charge in [-0.3, -0.25) is 0 Å². The van der Waals surface area contributed by atoms with Crippen LogP contribution in [0.15, 0.2) is 23.3 Å². The molecule has 0 radical (unpaired) electrons. The molecule has 0 bridgehead atoms. The molecule has 0 aliphatic carbocycles. The zero-order valence-electron chi connectivity index (χ0n) is 12.8. The Morgan fingerprint density at radius 1 is 1.43 bits per heavy atom. The van der Waals surface area contributed by atoms with E-state index in [4.69, 9.17) is 4.42 Å². The fourth-order valence-corrected chi connectivity index (χ4v) is 3.21. The summed E-state index contributed by atoms with van der Waals surface area (Å²) in [6.45, 7) is 10.9. The molecule has 0 aromatic carbocycles. The fourth-order valence-electron chi connectivity index (χ4n) is 3.21.